The van der Waals surface area contributed by atoms with Gasteiger partial charge in [0.15, 0.2) is 6.61 Å². The van der Waals surface area contributed by atoms with Crippen LogP contribution in [0, 0.1) is 13.8 Å². The van der Waals surface area contributed by atoms with Crippen LogP contribution in [0.15, 0.2) is 42.5 Å². The molecule has 0 aliphatic rings. The lowest BCUT2D eigenvalue weighted by Gasteiger charge is -2.11. The molecule has 1 heterocycles. The second-order valence-electron chi connectivity index (χ2n) is 5.36. The Bertz CT molecular complexity index is 789. The van der Waals surface area contributed by atoms with Gasteiger partial charge in [-0.3, -0.25) is 4.79 Å². The molecule has 0 saturated heterocycles. The maximum absolute atomic E-state index is 12.0. The van der Waals surface area contributed by atoms with Crippen molar-refractivity contribution in [3.63, 3.8) is 0 Å². The minimum Gasteiger partial charge on any atom is -0.483 e. The van der Waals surface area contributed by atoms with Gasteiger partial charge in [-0.2, -0.15) is 0 Å². The van der Waals surface area contributed by atoms with Gasteiger partial charge in [0.2, 0.25) is 0 Å². The van der Waals surface area contributed by atoms with Crippen LogP contribution in [0.2, 0.25) is 0 Å². The summed E-state index contributed by atoms with van der Waals surface area (Å²) in [7, 11) is 0. The molecule has 3 aromatic rings. The van der Waals surface area contributed by atoms with Crippen LogP contribution in [0.4, 0.5) is 0 Å². The SMILES string of the molecule is Cc1cccc(C)c1OCC(=O)NCc1nc2ccccc2s1. The minimum atomic E-state index is -0.146. The summed E-state index contributed by atoms with van der Waals surface area (Å²) >= 11 is 1.59. The van der Waals surface area contributed by atoms with Crippen molar-refractivity contribution in [3.05, 3.63) is 58.6 Å². The van der Waals surface area contributed by atoms with Gasteiger partial charge in [0.1, 0.15) is 10.8 Å². The Balaban J connectivity index is 1.55. The monoisotopic (exact) mass is 326 g/mol. The zero-order chi connectivity index (χ0) is 16.2. The van der Waals surface area contributed by atoms with Crippen molar-refractivity contribution in [2.45, 2.75) is 20.4 Å². The van der Waals surface area contributed by atoms with Gasteiger partial charge in [0.05, 0.1) is 16.8 Å². The first-order chi connectivity index (χ1) is 11.1. The highest BCUT2D eigenvalue weighted by atomic mass is 32.1. The molecular weight excluding hydrogens is 308 g/mol. The van der Waals surface area contributed by atoms with Crippen molar-refractivity contribution in [1.82, 2.24) is 10.3 Å². The van der Waals surface area contributed by atoms with Gasteiger partial charge in [0.25, 0.3) is 5.91 Å². The number of amides is 1. The molecule has 2 aromatic carbocycles. The molecule has 23 heavy (non-hydrogen) atoms. The zero-order valence-electron chi connectivity index (χ0n) is 13.1. The number of aryl methyl sites for hydroxylation is 2. The molecule has 0 aliphatic heterocycles. The van der Waals surface area contributed by atoms with Crippen molar-refractivity contribution in [3.8, 4) is 5.75 Å². The van der Waals surface area contributed by atoms with E-state index in [-0.39, 0.29) is 12.5 Å². The number of thiazole rings is 1. The molecule has 118 valence electrons. The van der Waals surface area contributed by atoms with E-state index in [2.05, 4.69) is 10.3 Å². The van der Waals surface area contributed by atoms with Crippen molar-refractivity contribution < 1.29 is 9.53 Å². The smallest absolute Gasteiger partial charge is 0.258 e. The molecule has 0 bridgehead atoms. The van der Waals surface area contributed by atoms with E-state index < -0.39 is 0 Å². The Morgan fingerprint density at radius 1 is 1.13 bits per heavy atom. The van der Waals surface area contributed by atoms with Gasteiger partial charge in [0, 0.05) is 0 Å². The average Bonchev–Trinajstić information content (AvgIpc) is 2.95. The molecule has 4 nitrogen and oxygen atoms in total. The number of fused-ring (bicyclic) bond motifs is 1. The predicted octanol–water partition coefficient (Wildman–Crippen LogP) is 3.61. The van der Waals surface area contributed by atoms with Crippen LogP contribution >= 0.6 is 11.3 Å². The van der Waals surface area contributed by atoms with Crippen LogP contribution in [0.1, 0.15) is 16.1 Å². The Morgan fingerprint density at radius 2 is 1.87 bits per heavy atom. The first kappa shape index (κ1) is 15.5. The number of ether oxygens (including phenoxy) is 1. The van der Waals surface area contributed by atoms with Gasteiger partial charge < -0.3 is 10.1 Å². The molecule has 1 amide bonds. The van der Waals surface area contributed by atoms with E-state index in [4.69, 9.17) is 4.74 Å². The number of carbonyl (C=O) groups is 1. The van der Waals surface area contributed by atoms with Crippen molar-refractivity contribution in [2.75, 3.05) is 6.61 Å². The molecule has 0 saturated carbocycles. The summed E-state index contributed by atoms with van der Waals surface area (Å²) in [5.41, 5.74) is 3.03. The highest BCUT2D eigenvalue weighted by Crippen LogP contribution is 2.22. The third-order valence-electron chi connectivity index (χ3n) is 3.53. The molecule has 0 aliphatic carbocycles. The van der Waals surface area contributed by atoms with Crippen molar-refractivity contribution in [2.24, 2.45) is 0 Å². The molecule has 0 radical (unpaired) electrons. The Hall–Kier alpha value is -2.40. The minimum absolute atomic E-state index is 0.0105. The number of aromatic nitrogens is 1. The number of hydrogen-bond acceptors (Lipinski definition) is 4. The summed E-state index contributed by atoms with van der Waals surface area (Å²) in [6, 6.07) is 13.9. The van der Waals surface area contributed by atoms with E-state index >= 15 is 0 Å². The number of carbonyl (C=O) groups excluding carboxylic acids is 1. The molecule has 0 spiro atoms. The van der Waals surface area contributed by atoms with E-state index in [9.17, 15) is 4.79 Å². The highest BCUT2D eigenvalue weighted by Gasteiger charge is 2.08. The van der Waals surface area contributed by atoms with Crippen LogP contribution in [-0.4, -0.2) is 17.5 Å². The normalized spacial score (nSPS) is 10.7. The lowest BCUT2D eigenvalue weighted by atomic mass is 10.1. The standard InChI is InChI=1S/C18H18N2O2S/c1-12-6-5-7-13(2)18(12)22-11-16(21)19-10-17-20-14-8-3-4-9-15(14)23-17/h3-9H,10-11H2,1-2H3,(H,19,21). The van der Waals surface area contributed by atoms with Gasteiger partial charge in [-0.05, 0) is 37.1 Å². The number of rotatable bonds is 5. The molecule has 1 aromatic heterocycles. The maximum Gasteiger partial charge on any atom is 0.258 e. The number of nitrogens with zero attached hydrogens (tertiary/aromatic N) is 1. The van der Waals surface area contributed by atoms with E-state index in [1.165, 1.54) is 0 Å². The topological polar surface area (TPSA) is 51.2 Å². The Kier molecular flexibility index (Phi) is 4.57. The molecule has 0 fully saturated rings. The fraction of sp³-hybridized carbons (Fsp3) is 0.222. The number of para-hydroxylation sites is 2. The predicted molar refractivity (Wildman–Crippen MR) is 92.9 cm³/mol. The summed E-state index contributed by atoms with van der Waals surface area (Å²) in [4.78, 5) is 16.5. The second-order valence-corrected chi connectivity index (χ2v) is 6.48. The lowest BCUT2D eigenvalue weighted by Crippen LogP contribution is -2.28. The van der Waals surface area contributed by atoms with Crippen LogP contribution in [0.5, 0.6) is 5.75 Å². The molecule has 1 N–H and O–H groups in total. The summed E-state index contributed by atoms with van der Waals surface area (Å²) < 4.78 is 6.78. The van der Waals surface area contributed by atoms with Crippen molar-refractivity contribution >= 4 is 27.5 Å². The summed E-state index contributed by atoms with van der Waals surface area (Å²) in [5, 5.41) is 3.75. The third kappa shape index (κ3) is 3.68. The number of hydrogen-bond donors (Lipinski definition) is 1. The van der Waals surface area contributed by atoms with Gasteiger partial charge in [-0.1, -0.05) is 30.3 Å². The number of nitrogens with one attached hydrogen (secondary N) is 1. The molecule has 0 unspecified atom stereocenters. The first-order valence-electron chi connectivity index (χ1n) is 7.43. The summed E-state index contributed by atoms with van der Waals surface area (Å²) in [5.74, 6) is 0.634. The van der Waals surface area contributed by atoms with Gasteiger partial charge in [-0.25, -0.2) is 4.98 Å². The molecular formula is C18H18N2O2S. The van der Waals surface area contributed by atoms with E-state index in [1.807, 2.05) is 56.3 Å². The van der Waals surface area contributed by atoms with Crippen LogP contribution < -0.4 is 10.1 Å². The summed E-state index contributed by atoms with van der Waals surface area (Å²) in [6.07, 6.45) is 0. The molecule has 0 atom stereocenters. The van der Waals surface area contributed by atoms with Gasteiger partial charge in [-0.15, -0.1) is 11.3 Å². The van der Waals surface area contributed by atoms with E-state index in [1.54, 1.807) is 11.3 Å². The van der Waals surface area contributed by atoms with Gasteiger partial charge >= 0.3 is 0 Å². The fourth-order valence-corrected chi connectivity index (χ4v) is 3.29. The maximum atomic E-state index is 12.0. The first-order valence-corrected chi connectivity index (χ1v) is 8.25. The number of benzene rings is 2. The van der Waals surface area contributed by atoms with Crippen molar-refractivity contribution in [1.29, 1.82) is 0 Å². The zero-order valence-corrected chi connectivity index (χ0v) is 13.9. The van der Waals surface area contributed by atoms with Crippen LogP contribution in [0.3, 0.4) is 0 Å². The average molecular weight is 326 g/mol. The third-order valence-corrected chi connectivity index (χ3v) is 4.57. The largest absolute Gasteiger partial charge is 0.483 e. The lowest BCUT2D eigenvalue weighted by molar-refractivity contribution is -0.123. The highest BCUT2D eigenvalue weighted by molar-refractivity contribution is 7.18. The van der Waals surface area contributed by atoms with Crippen LogP contribution in [-0.2, 0) is 11.3 Å². The Labute approximate surface area is 139 Å². The second kappa shape index (κ2) is 6.79. The molecule has 5 heteroatoms. The molecule has 3 rings (SSSR count). The fourth-order valence-electron chi connectivity index (χ4n) is 2.39. The quantitative estimate of drug-likeness (QED) is 0.779. The van der Waals surface area contributed by atoms with E-state index in [0.29, 0.717) is 6.54 Å². The Morgan fingerprint density at radius 3 is 2.61 bits per heavy atom. The summed E-state index contributed by atoms with van der Waals surface area (Å²) in [6.45, 7) is 4.38. The van der Waals surface area contributed by atoms with Crippen LogP contribution in [0.25, 0.3) is 10.2 Å². The van der Waals surface area contributed by atoms with E-state index in [0.717, 1.165) is 32.1 Å².